The van der Waals surface area contributed by atoms with Crippen molar-refractivity contribution >= 4 is 17.9 Å². The van der Waals surface area contributed by atoms with E-state index in [2.05, 4.69) is 6.58 Å². The first-order chi connectivity index (χ1) is 11.2. The summed E-state index contributed by atoms with van der Waals surface area (Å²) in [6, 6.07) is 0.122. The third-order valence-corrected chi connectivity index (χ3v) is 4.30. The average Bonchev–Trinajstić information content (AvgIpc) is 2.52. The highest BCUT2D eigenvalue weighted by molar-refractivity contribution is 5.91. The van der Waals surface area contributed by atoms with Gasteiger partial charge in [-0.3, -0.25) is 9.59 Å². The van der Waals surface area contributed by atoms with Crippen molar-refractivity contribution in [3.8, 4) is 0 Å². The molecule has 2 fully saturated rings. The monoisotopic (exact) mass is 337 g/mol. The number of likely N-dealkylation sites (tertiary alicyclic amines) is 1. The van der Waals surface area contributed by atoms with Gasteiger partial charge < -0.3 is 19.4 Å². The Morgan fingerprint density at radius 3 is 2.25 bits per heavy atom. The SMILES string of the molecule is C=CC(=O)N1CCN(C2CCN(C(=O)OC(C)(C)C)CC2)C(=O)C1. The van der Waals surface area contributed by atoms with Crippen LogP contribution in [0.2, 0.25) is 0 Å². The van der Waals surface area contributed by atoms with Crippen molar-refractivity contribution in [3.63, 3.8) is 0 Å². The van der Waals surface area contributed by atoms with Crippen LogP contribution in [0.5, 0.6) is 0 Å². The van der Waals surface area contributed by atoms with Crippen molar-refractivity contribution in [3.05, 3.63) is 12.7 Å². The number of carbonyl (C=O) groups excluding carboxylic acids is 3. The zero-order chi connectivity index (χ0) is 17.9. The van der Waals surface area contributed by atoms with Crippen LogP contribution >= 0.6 is 0 Å². The van der Waals surface area contributed by atoms with E-state index in [1.165, 1.54) is 11.0 Å². The summed E-state index contributed by atoms with van der Waals surface area (Å²) in [4.78, 5) is 41.1. The summed E-state index contributed by atoms with van der Waals surface area (Å²) in [5.41, 5.74) is -0.502. The first-order valence-corrected chi connectivity index (χ1v) is 8.40. The molecule has 0 bridgehead atoms. The lowest BCUT2D eigenvalue weighted by atomic mass is 10.0. The normalized spacial score (nSPS) is 20.1. The van der Waals surface area contributed by atoms with E-state index < -0.39 is 5.60 Å². The van der Waals surface area contributed by atoms with Crippen LogP contribution in [0, 0.1) is 0 Å². The Morgan fingerprint density at radius 2 is 1.75 bits per heavy atom. The fourth-order valence-electron chi connectivity index (χ4n) is 3.08. The van der Waals surface area contributed by atoms with Crippen LogP contribution in [0.1, 0.15) is 33.6 Å². The molecule has 2 aliphatic heterocycles. The van der Waals surface area contributed by atoms with Crippen molar-refractivity contribution < 1.29 is 19.1 Å². The molecule has 24 heavy (non-hydrogen) atoms. The molecule has 0 N–H and O–H groups in total. The second-order valence-corrected chi connectivity index (χ2v) is 7.25. The van der Waals surface area contributed by atoms with Gasteiger partial charge in [-0.2, -0.15) is 0 Å². The molecule has 2 aliphatic rings. The number of hydrogen-bond acceptors (Lipinski definition) is 4. The maximum absolute atomic E-state index is 12.3. The van der Waals surface area contributed by atoms with Gasteiger partial charge in [0.15, 0.2) is 0 Å². The van der Waals surface area contributed by atoms with E-state index in [1.807, 2.05) is 25.7 Å². The fourth-order valence-corrected chi connectivity index (χ4v) is 3.08. The van der Waals surface area contributed by atoms with Crippen LogP contribution in [0.25, 0.3) is 0 Å². The number of ether oxygens (including phenoxy) is 1. The smallest absolute Gasteiger partial charge is 0.410 e. The summed E-state index contributed by atoms with van der Waals surface area (Å²) >= 11 is 0. The molecule has 0 aromatic rings. The molecule has 7 nitrogen and oxygen atoms in total. The van der Waals surface area contributed by atoms with Gasteiger partial charge in [0, 0.05) is 32.2 Å². The van der Waals surface area contributed by atoms with Crippen LogP contribution in [0.3, 0.4) is 0 Å². The molecule has 0 unspecified atom stereocenters. The van der Waals surface area contributed by atoms with Crippen molar-refractivity contribution in [1.82, 2.24) is 14.7 Å². The molecule has 0 radical (unpaired) electrons. The van der Waals surface area contributed by atoms with Crippen molar-refractivity contribution in [2.24, 2.45) is 0 Å². The molecule has 2 rings (SSSR count). The Kier molecular flexibility index (Phi) is 5.51. The first kappa shape index (κ1) is 18.3. The molecule has 7 heteroatoms. The van der Waals surface area contributed by atoms with Crippen molar-refractivity contribution in [2.45, 2.75) is 45.3 Å². The van der Waals surface area contributed by atoms with Gasteiger partial charge in [0.05, 0.1) is 0 Å². The van der Waals surface area contributed by atoms with E-state index in [0.29, 0.717) is 26.2 Å². The largest absolute Gasteiger partial charge is 0.444 e. The van der Waals surface area contributed by atoms with E-state index in [0.717, 1.165) is 12.8 Å². The third kappa shape index (κ3) is 4.49. The molecule has 2 saturated heterocycles. The van der Waals surface area contributed by atoms with Crippen LogP contribution in [0.4, 0.5) is 4.79 Å². The zero-order valence-corrected chi connectivity index (χ0v) is 14.8. The molecule has 0 aliphatic carbocycles. The highest BCUT2D eigenvalue weighted by Gasteiger charge is 2.34. The number of nitrogens with zero attached hydrogens (tertiary/aromatic N) is 3. The molecule has 2 heterocycles. The summed E-state index contributed by atoms with van der Waals surface area (Å²) < 4.78 is 5.38. The predicted octanol–water partition coefficient (Wildman–Crippen LogP) is 1.24. The highest BCUT2D eigenvalue weighted by atomic mass is 16.6. The molecule has 0 atom stereocenters. The van der Waals surface area contributed by atoms with E-state index in [9.17, 15) is 14.4 Å². The molecule has 0 aromatic heterocycles. The summed E-state index contributed by atoms with van der Waals surface area (Å²) in [7, 11) is 0. The predicted molar refractivity (Wildman–Crippen MR) is 89.3 cm³/mol. The molecule has 0 aromatic carbocycles. The van der Waals surface area contributed by atoms with Gasteiger partial charge >= 0.3 is 6.09 Å². The number of hydrogen-bond donors (Lipinski definition) is 0. The standard InChI is InChI=1S/C17H27N3O4/c1-5-14(21)19-10-11-20(15(22)12-19)13-6-8-18(9-7-13)16(23)24-17(2,3)4/h5,13H,1,6-12H2,2-4H3. The van der Waals surface area contributed by atoms with Gasteiger partial charge in [-0.1, -0.05) is 6.58 Å². The Labute approximate surface area is 143 Å². The summed E-state index contributed by atoms with van der Waals surface area (Å²) in [5.74, 6) is -0.241. The van der Waals surface area contributed by atoms with Crippen LogP contribution in [0.15, 0.2) is 12.7 Å². The van der Waals surface area contributed by atoms with Gasteiger partial charge in [-0.25, -0.2) is 4.79 Å². The number of rotatable bonds is 2. The number of piperidine rings is 1. The fraction of sp³-hybridized carbons (Fsp3) is 0.706. The molecule has 134 valence electrons. The van der Waals surface area contributed by atoms with Crippen molar-refractivity contribution in [1.29, 1.82) is 0 Å². The second kappa shape index (κ2) is 7.23. The minimum absolute atomic E-state index is 0.0350. The average molecular weight is 337 g/mol. The van der Waals surface area contributed by atoms with Crippen LogP contribution < -0.4 is 0 Å². The lowest BCUT2D eigenvalue weighted by Crippen LogP contribution is -2.57. The quantitative estimate of drug-likeness (QED) is 0.711. The zero-order valence-electron chi connectivity index (χ0n) is 14.8. The van der Waals surface area contributed by atoms with E-state index in [4.69, 9.17) is 4.74 Å². The van der Waals surface area contributed by atoms with Gasteiger partial charge in [0.25, 0.3) is 0 Å². The van der Waals surface area contributed by atoms with Gasteiger partial charge in [0.1, 0.15) is 12.1 Å². The van der Waals surface area contributed by atoms with E-state index in [-0.39, 0.29) is 30.5 Å². The summed E-state index contributed by atoms with van der Waals surface area (Å²) in [6.45, 7) is 11.3. The number of piperazine rings is 1. The van der Waals surface area contributed by atoms with Crippen LogP contribution in [-0.2, 0) is 14.3 Å². The Morgan fingerprint density at radius 1 is 1.12 bits per heavy atom. The molecule has 0 saturated carbocycles. The van der Waals surface area contributed by atoms with E-state index >= 15 is 0 Å². The van der Waals surface area contributed by atoms with Crippen LogP contribution in [-0.4, -0.2) is 77.0 Å². The van der Waals surface area contributed by atoms with Crippen molar-refractivity contribution in [2.75, 3.05) is 32.7 Å². The Balaban J connectivity index is 1.85. The lowest BCUT2D eigenvalue weighted by Gasteiger charge is -2.42. The summed E-state index contributed by atoms with van der Waals surface area (Å²) in [6.07, 6.45) is 2.41. The minimum Gasteiger partial charge on any atom is -0.444 e. The van der Waals surface area contributed by atoms with Gasteiger partial charge in [-0.05, 0) is 39.7 Å². The molecule has 0 spiro atoms. The maximum Gasteiger partial charge on any atom is 0.410 e. The lowest BCUT2D eigenvalue weighted by molar-refractivity contribution is -0.145. The summed E-state index contributed by atoms with van der Waals surface area (Å²) in [5, 5.41) is 0. The Hall–Kier alpha value is -2.05. The highest BCUT2D eigenvalue weighted by Crippen LogP contribution is 2.21. The number of carbonyl (C=O) groups is 3. The van der Waals surface area contributed by atoms with Gasteiger partial charge in [-0.15, -0.1) is 0 Å². The Bertz CT molecular complexity index is 518. The second-order valence-electron chi connectivity index (χ2n) is 7.25. The molecular formula is C17H27N3O4. The van der Waals surface area contributed by atoms with E-state index in [1.54, 1.807) is 4.90 Å². The topological polar surface area (TPSA) is 70.2 Å². The molecule has 3 amide bonds. The maximum atomic E-state index is 12.3. The minimum atomic E-state index is -0.502. The third-order valence-electron chi connectivity index (χ3n) is 4.30. The van der Waals surface area contributed by atoms with Gasteiger partial charge in [0.2, 0.25) is 11.8 Å². The molecular weight excluding hydrogens is 310 g/mol. The number of amides is 3. The first-order valence-electron chi connectivity index (χ1n) is 8.40.